The molecule has 168 valence electrons. The highest BCUT2D eigenvalue weighted by atomic mass is 35.5. The third kappa shape index (κ3) is 4.05. The fourth-order valence-corrected chi connectivity index (χ4v) is 4.40. The van der Waals surface area contributed by atoms with Gasteiger partial charge in [0.15, 0.2) is 0 Å². The SMILES string of the molecule is COc1cc(Cl)ccc1[C@H]1CN(c2nc(-c3ccnc4ccccc34)cc(=O)n2C)CCO1. The van der Waals surface area contributed by atoms with Crippen LogP contribution in [0.2, 0.25) is 5.02 Å². The third-order valence-electron chi connectivity index (χ3n) is 5.93. The highest BCUT2D eigenvalue weighted by Crippen LogP contribution is 2.34. The molecule has 0 radical (unpaired) electrons. The summed E-state index contributed by atoms with van der Waals surface area (Å²) in [5.74, 6) is 1.27. The lowest BCUT2D eigenvalue weighted by Crippen LogP contribution is -2.41. The number of hydrogen-bond donors (Lipinski definition) is 0. The van der Waals surface area contributed by atoms with E-state index in [0.717, 1.165) is 22.0 Å². The van der Waals surface area contributed by atoms with E-state index < -0.39 is 0 Å². The third-order valence-corrected chi connectivity index (χ3v) is 6.16. The Bertz CT molecular complexity index is 1380. The van der Waals surface area contributed by atoms with Crippen LogP contribution in [-0.4, -0.2) is 41.3 Å². The van der Waals surface area contributed by atoms with Crippen molar-refractivity contribution in [3.63, 3.8) is 0 Å². The summed E-state index contributed by atoms with van der Waals surface area (Å²) in [6, 6.07) is 16.8. The molecule has 33 heavy (non-hydrogen) atoms. The van der Waals surface area contributed by atoms with Gasteiger partial charge in [-0.25, -0.2) is 4.98 Å². The largest absolute Gasteiger partial charge is 0.496 e. The second-order valence-electron chi connectivity index (χ2n) is 7.91. The monoisotopic (exact) mass is 462 g/mol. The minimum absolute atomic E-state index is 0.122. The van der Waals surface area contributed by atoms with Crippen molar-refractivity contribution in [2.75, 3.05) is 31.7 Å². The Hall–Kier alpha value is -3.42. The number of benzene rings is 2. The summed E-state index contributed by atoms with van der Waals surface area (Å²) in [6.45, 7) is 1.64. The predicted octanol–water partition coefficient (Wildman–Crippen LogP) is 4.24. The van der Waals surface area contributed by atoms with E-state index in [0.29, 0.717) is 42.1 Å². The summed E-state index contributed by atoms with van der Waals surface area (Å²) in [4.78, 5) is 24.3. The first-order chi connectivity index (χ1) is 16.0. The van der Waals surface area contributed by atoms with Crippen LogP contribution in [0.5, 0.6) is 5.75 Å². The molecule has 8 heteroatoms. The van der Waals surface area contributed by atoms with E-state index in [9.17, 15) is 4.79 Å². The molecule has 1 saturated heterocycles. The molecule has 0 N–H and O–H groups in total. The molecule has 2 aromatic carbocycles. The van der Waals surface area contributed by atoms with Crippen LogP contribution in [0.3, 0.4) is 0 Å². The first-order valence-corrected chi connectivity index (χ1v) is 11.0. The standard InChI is InChI=1S/C25H23ClN4O3/c1-29-24(31)14-21(18-9-10-27-20-6-4-3-5-17(18)20)28-25(29)30-11-12-33-23(15-30)19-8-7-16(26)13-22(19)32-2/h3-10,13-14,23H,11-12,15H2,1-2H3/t23-/m1/s1. The molecule has 2 aromatic heterocycles. The second-order valence-corrected chi connectivity index (χ2v) is 8.34. The lowest BCUT2D eigenvalue weighted by molar-refractivity contribution is 0.0374. The molecule has 4 aromatic rings. The van der Waals surface area contributed by atoms with Crippen molar-refractivity contribution >= 4 is 28.5 Å². The van der Waals surface area contributed by atoms with Crippen LogP contribution in [-0.2, 0) is 11.8 Å². The number of anilines is 1. The Labute approximate surface area is 196 Å². The highest BCUT2D eigenvalue weighted by molar-refractivity contribution is 6.30. The van der Waals surface area contributed by atoms with Crippen molar-refractivity contribution in [1.29, 1.82) is 0 Å². The normalized spacial score (nSPS) is 16.2. The lowest BCUT2D eigenvalue weighted by Gasteiger charge is -2.35. The van der Waals surface area contributed by atoms with Gasteiger partial charge in [0.05, 0.1) is 31.5 Å². The predicted molar refractivity (Wildman–Crippen MR) is 129 cm³/mol. The number of nitrogens with zero attached hydrogens (tertiary/aromatic N) is 4. The summed E-state index contributed by atoms with van der Waals surface area (Å²) in [5.41, 5.74) is 3.15. The van der Waals surface area contributed by atoms with Gasteiger partial charge in [-0.3, -0.25) is 14.3 Å². The minimum atomic E-state index is -0.242. The van der Waals surface area contributed by atoms with Gasteiger partial charge in [-0.1, -0.05) is 35.9 Å². The summed E-state index contributed by atoms with van der Waals surface area (Å²) >= 11 is 6.13. The fourth-order valence-electron chi connectivity index (χ4n) is 4.24. The molecule has 1 aliphatic rings. The second kappa shape index (κ2) is 8.84. The Morgan fingerprint density at radius 3 is 2.85 bits per heavy atom. The van der Waals surface area contributed by atoms with E-state index in [2.05, 4.69) is 9.88 Å². The average molecular weight is 463 g/mol. The number of aromatic nitrogens is 3. The molecule has 1 fully saturated rings. The zero-order chi connectivity index (χ0) is 22.9. The van der Waals surface area contributed by atoms with Gasteiger partial charge in [0, 0.05) is 47.4 Å². The van der Waals surface area contributed by atoms with Crippen LogP contribution < -0.4 is 15.2 Å². The number of methoxy groups -OCH3 is 1. The van der Waals surface area contributed by atoms with Crippen LogP contribution in [0, 0.1) is 0 Å². The number of halogens is 1. The minimum Gasteiger partial charge on any atom is -0.496 e. The summed E-state index contributed by atoms with van der Waals surface area (Å²) in [6.07, 6.45) is 1.50. The molecular formula is C25H23ClN4O3. The first kappa shape index (κ1) is 21.4. The van der Waals surface area contributed by atoms with E-state index in [1.54, 1.807) is 37.1 Å². The molecule has 0 saturated carbocycles. The van der Waals surface area contributed by atoms with Crippen molar-refractivity contribution in [3.05, 3.63) is 81.7 Å². The van der Waals surface area contributed by atoms with E-state index in [1.165, 1.54) is 0 Å². The van der Waals surface area contributed by atoms with Crippen LogP contribution in [0.15, 0.2) is 65.6 Å². The molecular weight excluding hydrogens is 440 g/mol. The highest BCUT2D eigenvalue weighted by Gasteiger charge is 2.27. The topological polar surface area (TPSA) is 69.5 Å². The van der Waals surface area contributed by atoms with Crippen LogP contribution >= 0.6 is 11.6 Å². The first-order valence-electron chi connectivity index (χ1n) is 10.7. The zero-order valence-corrected chi connectivity index (χ0v) is 19.1. The molecule has 7 nitrogen and oxygen atoms in total. The number of para-hydroxylation sites is 1. The fraction of sp³-hybridized carbons (Fsp3) is 0.240. The maximum atomic E-state index is 12.9. The Morgan fingerprint density at radius 1 is 1.15 bits per heavy atom. The van der Waals surface area contributed by atoms with Gasteiger partial charge in [-0.15, -0.1) is 0 Å². The van der Waals surface area contributed by atoms with Gasteiger partial charge in [0.2, 0.25) is 5.95 Å². The average Bonchev–Trinajstić information content (AvgIpc) is 2.85. The van der Waals surface area contributed by atoms with Gasteiger partial charge in [0.1, 0.15) is 11.9 Å². The lowest BCUT2D eigenvalue weighted by atomic mass is 10.1. The summed E-state index contributed by atoms with van der Waals surface area (Å²) < 4.78 is 13.2. The Kier molecular flexibility index (Phi) is 5.74. The number of morpholine rings is 1. The molecule has 1 atom stereocenters. The smallest absolute Gasteiger partial charge is 0.255 e. The van der Waals surface area contributed by atoms with Crippen LogP contribution in [0.4, 0.5) is 5.95 Å². The summed E-state index contributed by atoms with van der Waals surface area (Å²) in [7, 11) is 3.36. The van der Waals surface area contributed by atoms with Crippen molar-refractivity contribution in [2.24, 2.45) is 7.05 Å². The van der Waals surface area contributed by atoms with Gasteiger partial charge in [-0.2, -0.15) is 0 Å². The Balaban J connectivity index is 1.54. The van der Waals surface area contributed by atoms with Gasteiger partial charge in [0.25, 0.3) is 5.56 Å². The maximum absolute atomic E-state index is 12.9. The van der Waals surface area contributed by atoms with Crippen molar-refractivity contribution in [3.8, 4) is 17.0 Å². The van der Waals surface area contributed by atoms with Crippen molar-refractivity contribution in [1.82, 2.24) is 14.5 Å². The molecule has 0 amide bonds. The van der Waals surface area contributed by atoms with Crippen LogP contribution in [0.1, 0.15) is 11.7 Å². The maximum Gasteiger partial charge on any atom is 0.255 e. The molecule has 1 aliphatic heterocycles. The quantitative estimate of drug-likeness (QED) is 0.452. The van der Waals surface area contributed by atoms with E-state index in [4.69, 9.17) is 26.1 Å². The number of hydrogen-bond acceptors (Lipinski definition) is 6. The van der Waals surface area contributed by atoms with Crippen molar-refractivity contribution in [2.45, 2.75) is 6.10 Å². The Morgan fingerprint density at radius 2 is 2.00 bits per heavy atom. The van der Waals surface area contributed by atoms with E-state index >= 15 is 0 Å². The number of ether oxygens (including phenoxy) is 2. The van der Waals surface area contributed by atoms with Crippen LogP contribution in [0.25, 0.3) is 22.2 Å². The zero-order valence-electron chi connectivity index (χ0n) is 18.4. The van der Waals surface area contributed by atoms with E-state index in [1.807, 2.05) is 42.5 Å². The molecule has 0 unspecified atom stereocenters. The summed E-state index contributed by atoms with van der Waals surface area (Å²) in [5, 5.41) is 1.56. The van der Waals surface area contributed by atoms with Gasteiger partial charge >= 0.3 is 0 Å². The van der Waals surface area contributed by atoms with Gasteiger partial charge < -0.3 is 14.4 Å². The molecule has 0 spiro atoms. The molecule has 0 aliphatic carbocycles. The van der Waals surface area contributed by atoms with E-state index in [-0.39, 0.29) is 11.7 Å². The molecule has 0 bridgehead atoms. The molecule has 5 rings (SSSR count). The van der Waals surface area contributed by atoms with Gasteiger partial charge in [-0.05, 0) is 24.3 Å². The number of fused-ring (bicyclic) bond motifs is 1. The molecule has 3 heterocycles. The number of rotatable bonds is 4. The van der Waals surface area contributed by atoms with Crippen molar-refractivity contribution < 1.29 is 9.47 Å². The number of pyridine rings is 1.